The minimum absolute atomic E-state index is 0.0983. The van der Waals surface area contributed by atoms with Crippen LogP contribution in [0.25, 0.3) is 11.0 Å². The summed E-state index contributed by atoms with van der Waals surface area (Å²) in [7, 11) is 0. The molecule has 2 aromatic rings. The van der Waals surface area contributed by atoms with Crippen molar-refractivity contribution in [3.05, 3.63) is 30.1 Å². The fourth-order valence-electron chi connectivity index (χ4n) is 1.64. The maximum Gasteiger partial charge on any atom is 0.251 e. The van der Waals surface area contributed by atoms with Gasteiger partial charge in [0.1, 0.15) is 0 Å². The summed E-state index contributed by atoms with van der Waals surface area (Å²) in [6, 6.07) is 5.38. The van der Waals surface area contributed by atoms with Crippen molar-refractivity contribution in [3.8, 4) is 0 Å². The number of amides is 1. The van der Waals surface area contributed by atoms with E-state index >= 15 is 0 Å². The van der Waals surface area contributed by atoms with Crippen LogP contribution in [0.5, 0.6) is 0 Å². The van der Waals surface area contributed by atoms with E-state index in [0.29, 0.717) is 18.7 Å². The number of hydrogen-bond acceptors (Lipinski definition) is 3. The number of fused-ring (bicyclic) bond motifs is 1. The Hall–Kier alpha value is -1.88. The molecule has 1 aromatic carbocycles. The molecule has 5 heteroatoms. The summed E-state index contributed by atoms with van der Waals surface area (Å²) in [6.07, 6.45) is 1.80. The molecule has 0 fully saturated rings. The van der Waals surface area contributed by atoms with Crippen LogP contribution in [0.15, 0.2) is 24.5 Å². The van der Waals surface area contributed by atoms with E-state index in [1.54, 1.807) is 18.5 Å². The monoisotopic (exact) mass is 247 g/mol. The Balaban J connectivity index is 1.92. The molecule has 0 aliphatic rings. The van der Waals surface area contributed by atoms with Crippen molar-refractivity contribution in [3.63, 3.8) is 0 Å². The third-order valence-electron chi connectivity index (χ3n) is 2.52. The number of carbonyl (C=O) groups is 1. The van der Waals surface area contributed by atoms with Crippen molar-refractivity contribution in [2.45, 2.75) is 20.0 Å². The number of benzene rings is 1. The van der Waals surface area contributed by atoms with Crippen molar-refractivity contribution < 1.29 is 9.53 Å². The van der Waals surface area contributed by atoms with Gasteiger partial charge in [-0.05, 0) is 32.0 Å². The lowest BCUT2D eigenvalue weighted by molar-refractivity contribution is 0.0746. The third-order valence-corrected chi connectivity index (χ3v) is 2.52. The zero-order valence-electron chi connectivity index (χ0n) is 10.6. The lowest BCUT2D eigenvalue weighted by Crippen LogP contribution is -2.28. The quantitative estimate of drug-likeness (QED) is 0.790. The summed E-state index contributed by atoms with van der Waals surface area (Å²) in [5.41, 5.74) is 2.34. The third kappa shape index (κ3) is 3.07. The molecular weight excluding hydrogens is 230 g/mol. The predicted molar refractivity (Wildman–Crippen MR) is 69.5 cm³/mol. The van der Waals surface area contributed by atoms with Crippen LogP contribution in [0.1, 0.15) is 24.2 Å². The normalized spacial score (nSPS) is 11.1. The highest BCUT2D eigenvalue weighted by molar-refractivity contribution is 5.97. The molecule has 0 saturated heterocycles. The topological polar surface area (TPSA) is 67.0 Å². The Bertz CT molecular complexity index is 534. The molecule has 0 unspecified atom stereocenters. The summed E-state index contributed by atoms with van der Waals surface area (Å²) >= 11 is 0. The highest BCUT2D eigenvalue weighted by Gasteiger charge is 2.06. The highest BCUT2D eigenvalue weighted by Crippen LogP contribution is 2.11. The molecule has 1 aromatic heterocycles. The van der Waals surface area contributed by atoms with E-state index in [2.05, 4.69) is 15.3 Å². The molecule has 0 radical (unpaired) electrons. The van der Waals surface area contributed by atoms with Gasteiger partial charge in [0.15, 0.2) is 0 Å². The highest BCUT2D eigenvalue weighted by atomic mass is 16.5. The number of imidazole rings is 1. The Labute approximate surface area is 106 Å². The van der Waals surface area contributed by atoms with E-state index < -0.39 is 0 Å². The fourth-order valence-corrected chi connectivity index (χ4v) is 1.64. The first-order valence-corrected chi connectivity index (χ1v) is 6.00. The van der Waals surface area contributed by atoms with E-state index in [1.165, 1.54) is 0 Å². The van der Waals surface area contributed by atoms with Gasteiger partial charge in [-0.2, -0.15) is 0 Å². The van der Waals surface area contributed by atoms with Gasteiger partial charge in [0.2, 0.25) is 0 Å². The van der Waals surface area contributed by atoms with Crippen LogP contribution >= 0.6 is 0 Å². The van der Waals surface area contributed by atoms with Gasteiger partial charge in [-0.25, -0.2) is 4.98 Å². The Kier molecular flexibility index (Phi) is 3.94. The predicted octanol–water partition coefficient (Wildman–Crippen LogP) is 1.72. The fraction of sp³-hybridized carbons (Fsp3) is 0.385. The van der Waals surface area contributed by atoms with Crippen molar-refractivity contribution in [2.75, 3.05) is 13.2 Å². The van der Waals surface area contributed by atoms with Crippen LogP contribution < -0.4 is 5.32 Å². The maximum atomic E-state index is 11.9. The Morgan fingerprint density at radius 3 is 3.11 bits per heavy atom. The SMILES string of the molecule is CC(C)OCCNC(=O)c1ccc2nc[nH]c2c1. The molecule has 0 spiro atoms. The average molecular weight is 247 g/mol. The summed E-state index contributed by atoms with van der Waals surface area (Å²) in [5.74, 6) is -0.0983. The second-order valence-corrected chi connectivity index (χ2v) is 4.31. The van der Waals surface area contributed by atoms with E-state index in [0.717, 1.165) is 11.0 Å². The number of rotatable bonds is 5. The molecule has 96 valence electrons. The lowest BCUT2D eigenvalue weighted by atomic mass is 10.2. The van der Waals surface area contributed by atoms with Crippen LogP contribution in [0.4, 0.5) is 0 Å². The minimum Gasteiger partial charge on any atom is -0.377 e. The first-order valence-electron chi connectivity index (χ1n) is 6.00. The maximum absolute atomic E-state index is 11.9. The first kappa shape index (κ1) is 12.6. The molecule has 5 nitrogen and oxygen atoms in total. The van der Waals surface area contributed by atoms with Gasteiger partial charge in [0.25, 0.3) is 5.91 Å². The standard InChI is InChI=1S/C13H17N3O2/c1-9(2)18-6-5-14-13(17)10-3-4-11-12(7-10)16-8-15-11/h3-4,7-9H,5-6H2,1-2H3,(H,14,17)(H,15,16). The second kappa shape index (κ2) is 5.64. The molecule has 18 heavy (non-hydrogen) atoms. The molecule has 1 heterocycles. The minimum atomic E-state index is -0.0983. The van der Waals surface area contributed by atoms with Crippen LogP contribution in [0.2, 0.25) is 0 Å². The van der Waals surface area contributed by atoms with Crippen molar-refractivity contribution in [1.29, 1.82) is 0 Å². The van der Waals surface area contributed by atoms with Crippen LogP contribution in [-0.4, -0.2) is 35.1 Å². The smallest absolute Gasteiger partial charge is 0.251 e. The number of aromatic amines is 1. The molecule has 0 bridgehead atoms. The summed E-state index contributed by atoms with van der Waals surface area (Å²) < 4.78 is 5.36. The number of carbonyl (C=O) groups excluding carboxylic acids is 1. The molecular formula is C13H17N3O2. The van der Waals surface area contributed by atoms with Crippen molar-refractivity contribution in [1.82, 2.24) is 15.3 Å². The molecule has 0 aliphatic heterocycles. The number of nitrogens with zero attached hydrogens (tertiary/aromatic N) is 1. The van der Waals surface area contributed by atoms with E-state index in [9.17, 15) is 4.79 Å². The molecule has 0 atom stereocenters. The van der Waals surface area contributed by atoms with Crippen molar-refractivity contribution >= 4 is 16.9 Å². The number of nitrogens with one attached hydrogen (secondary N) is 2. The molecule has 0 saturated carbocycles. The van der Waals surface area contributed by atoms with E-state index in [1.807, 2.05) is 19.9 Å². The van der Waals surface area contributed by atoms with Gasteiger partial charge in [-0.15, -0.1) is 0 Å². The van der Waals surface area contributed by atoms with Crippen LogP contribution in [0, 0.1) is 0 Å². The summed E-state index contributed by atoms with van der Waals surface area (Å²) in [6.45, 7) is 4.97. The first-order chi connectivity index (χ1) is 8.66. The van der Waals surface area contributed by atoms with Gasteiger partial charge >= 0.3 is 0 Å². The van der Waals surface area contributed by atoms with Gasteiger partial charge in [-0.3, -0.25) is 4.79 Å². The Morgan fingerprint density at radius 2 is 2.33 bits per heavy atom. The largest absolute Gasteiger partial charge is 0.377 e. The average Bonchev–Trinajstić information content (AvgIpc) is 2.81. The summed E-state index contributed by atoms with van der Waals surface area (Å²) in [4.78, 5) is 18.9. The van der Waals surface area contributed by atoms with E-state index in [-0.39, 0.29) is 12.0 Å². The Morgan fingerprint density at radius 1 is 1.50 bits per heavy atom. The van der Waals surface area contributed by atoms with Gasteiger partial charge < -0.3 is 15.0 Å². The molecule has 2 N–H and O–H groups in total. The number of hydrogen-bond donors (Lipinski definition) is 2. The van der Waals surface area contributed by atoms with Gasteiger partial charge in [-0.1, -0.05) is 0 Å². The number of aromatic nitrogens is 2. The van der Waals surface area contributed by atoms with Crippen molar-refractivity contribution in [2.24, 2.45) is 0 Å². The van der Waals surface area contributed by atoms with Gasteiger partial charge in [0, 0.05) is 12.1 Å². The number of ether oxygens (including phenoxy) is 1. The zero-order valence-corrected chi connectivity index (χ0v) is 10.6. The molecule has 0 aliphatic carbocycles. The summed E-state index contributed by atoms with van der Waals surface area (Å²) in [5, 5.41) is 2.81. The number of H-pyrrole nitrogens is 1. The van der Waals surface area contributed by atoms with E-state index in [4.69, 9.17) is 4.74 Å². The molecule has 2 rings (SSSR count). The van der Waals surface area contributed by atoms with Crippen LogP contribution in [0.3, 0.4) is 0 Å². The zero-order chi connectivity index (χ0) is 13.0. The lowest BCUT2D eigenvalue weighted by Gasteiger charge is -2.08. The van der Waals surface area contributed by atoms with Crippen LogP contribution in [-0.2, 0) is 4.74 Å². The molecule has 1 amide bonds. The van der Waals surface area contributed by atoms with Gasteiger partial charge in [0.05, 0.1) is 30.1 Å². The second-order valence-electron chi connectivity index (χ2n) is 4.31.